The van der Waals surface area contributed by atoms with Gasteiger partial charge in [0.05, 0.1) is 17.8 Å². The highest BCUT2D eigenvalue weighted by atomic mass is 15.1. The minimum Gasteiger partial charge on any atom is -0.299 e. The van der Waals surface area contributed by atoms with Crippen molar-refractivity contribution in [2.24, 2.45) is 0 Å². The van der Waals surface area contributed by atoms with Crippen LogP contribution in [0.1, 0.15) is 77.4 Å². The minimum atomic E-state index is 0.798. The molecule has 0 aliphatic carbocycles. The van der Waals surface area contributed by atoms with Gasteiger partial charge in [0.2, 0.25) is 0 Å². The molecule has 0 aliphatic rings. The molecule has 0 unspecified atom stereocenters. The summed E-state index contributed by atoms with van der Waals surface area (Å²) in [6.07, 6.45) is 7.28. The van der Waals surface area contributed by atoms with Gasteiger partial charge in [-0.2, -0.15) is 0 Å². The van der Waals surface area contributed by atoms with Crippen LogP contribution in [-0.4, -0.2) is 28.5 Å². The second kappa shape index (κ2) is 16.4. The summed E-state index contributed by atoms with van der Waals surface area (Å²) in [4.78, 5) is 11.8. The largest absolute Gasteiger partial charge is 0.299 e. The average molecular weight is 422 g/mol. The molecule has 0 saturated carbocycles. The smallest absolute Gasteiger partial charge is 0.143 e. The summed E-state index contributed by atoms with van der Waals surface area (Å²) in [5.41, 5.74) is 3.60. The second-order valence-electron chi connectivity index (χ2n) is 7.64. The summed E-state index contributed by atoms with van der Waals surface area (Å²) < 4.78 is 0. The van der Waals surface area contributed by atoms with Gasteiger partial charge >= 0.3 is 0 Å². The molecule has 31 heavy (non-hydrogen) atoms. The van der Waals surface area contributed by atoms with E-state index in [1.165, 1.54) is 30.2 Å². The van der Waals surface area contributed by atoms with E-state index in [0.29, 0.717) is 0 Å². The number of para-hydroxylation sites is 1. The van der Waals surface area contributed by atoms with Crippen LogP contribution < -0.4 is 0 Å². The van der Waals surface area contributed by atoms with E-state index in [4.69, 9.17) is 9.97 Å². The number of aryl methyl sites for hydroxylation is 2. The Labute approximate surface area is 190 Å². The summed E-state index contributed by atoms with van der Waals surface area (Å²) >= 11 is 0. The molecule has 3 nitrogen and oxygen atoms in total. The molecule has 3 rings (SSSR count). The standard InChI is InChI=1S/C21H25N3.C5H12.C2H6/c1-3-19-18-13-7-8-14-20(18)23-21(22-19)16-24(2)15-9-12-17-10-5-4-6-11-17;1-3-5-4-2;1-2/h4-8,10-11,13-14H,3,9,12,15-16H2,1-2H3;3-5H2,1-2H3;1-2H3. The van der Waals surface area contributed by atoms with E-state index in [0.717, 1.165) is 49.4 Å². The van der Waals surface area contributed by atoms with Gasteiger partial charge in [0.25, 0.3) is 0 Å². The summed E-state index contributed by atoms with van der Waals surface area (Å²) in [6.45, 7) is 12.4. The van der Waals surface area contributed by atoms with Gasteiger partial charge in [-0.25, -0.2) is 9.97 Å². The van der Waals surface area contributed by atoms with Gasteiger partial charge in [-0.15, -0.1) is 0 Å². The molecule has 0 aliphatic heterocycles. The molecule has 0 spiro atoms. The highest BCUT2D eigenvalue weighted by Gasteiger charge is 2.08. The monoisotopic (exact) mass is 421 g/mol. The summed E-state index contributed by atoms with van der Waals surface area (Å²) in [6, 6.07) is 19.0. The van der Waals surface area contributed by atoms with Crippen molar-refractivity contribution >= 4 is 10.9 Å². The fourth-order valence-corrected chi connectivity index (χ4v) is 3.41. The van der Waals surface area contributed by atoms with Gasteiger partial charge in [0.15, 0.2) is 0 Å². The molecule has 3 aromatic rings. The van der Waals surface area contributed by atoms with Crippen LogP contribution in [0, 0.1) is 0 Å². The van der Waals surface area contributed by atoms with E-state index in [1.54, 1.807) is 0 Å². The minimum absolute atomic E-state index is 0.798. The Morgan fingerprint density at radius 2 is 1.42 bits per heavy atom. The highest BCUT2D eigenvalue weighted by molar-refractivity contribution is 5.80. The van der Waals surface area contributed by atoms with Crippen LogP contribution in [-0.2, 0) is 19.4 Å². The van der Waals surface area contributed by atoms with Gasteiger partial charge in [0, 0.05) is 5.39 Å². The molecule has 2 aromatic carbocycles. The maximum absolute atomic E-state index is 4.77. The lowest BCUT2D eigenvalue weighted by Crippen LogP contribution is -2.21. The van der Waals surface area contributed by atoms with Crippen LogP contribution in [0.15, 0.2) is 54.6 Å². The van der Waals surface area contributed by atoms with E-state index in [1.807, 2.05) is 19.9 Å². The Balaban J connectivity index is 0.000000605. The normalized spacial score (nSPS) is 10.3. The highest BCUT2D eigenvalue weighted by Crippen LogP contribution is 2.16. The van der Waals surface area contributed by atoms with Crippen molar-refractivity contribution in [2.75, 3.05) is 13.6 Å². The van der Waals surface area contributed by atoms with Gasteiger partial charge in [-0.3, -0.25) is 4.90 Å². The number of aromatic nitrogens is 2. The van der Waals surface area contributed by atoms with Crippen LogP contribution in [0.5, 0.6) is 0 Å². The lowest BCUT2D eigenvalue weighted by Gasteiger charge is -2.16. The number of fused-ring (bicyclic) bond motifs is 1. The third-order valence-corrected chi connectivity index (χ3v) is 5.03. The number of hydrogen-bond donors (Lipinski definition) is 0. The molecule has 1 heterocycles. The van der Waals surface area contributed by atoms with E-state index >= 15 is 0 Å². The third kappa shape index (κ3) is 10.1. The van der Waals surface area contributed by atoms with E-state index in [2.05, 4.69) is 81.2 Å². The maximum atomic E-state index is 4.77. The lowest BCUT2D eigenvalue weighted by atomic mass is 10.1. The van der Waals surface area contributed by atoms with E-state index < -0.39 is 0 Å². The Bertz CT molecular complexity index is 828. The molecule has 0 N–H and O–H groups in total. The van der Waals surface area contributed by atoms with Crippen molar-refractivity contribution in [3.63, 3.8) is 0 Å². The lowest BCUT2D eigenvalue weighted by molar-refractivity contribution is 0.314. The Kier molecular flexibility index (Phi) is 14.2. The van der Waals surface area contributed by atoms with Crippen LogP contribution >= 0.6 is 0 Å². The first-order valence-corrected chi connectivity index (χ1v) is 12.1. The first kappa shape index (κ1) is 26.8. The van der Waals surface area contributed by atoms with Crippen LogP contribution in [0.2, 0.25) is 0 Å². The summed E-state index contributed by atoms with van der Waals surface area (Å²) in [5, 5.41) is 1.18. The number of nitrogens with zero attached hydrogens (tertiary/aromatic N) is 3. The zero-order valence-corrected chi connectivity index (χ0v) is 20.7. The predicted molar refractivity (Wildman–Crippen MR) is 137 cm³/mol. The maximum Gasteiger partial charge on any atom is 0.143 e. The predicted octanol–water partition coefficient (Wildman–Crippen LogP) is 7.48. The fraction of sp³-hybridized carbons (Fsp3) is 0.500. The van der Waals surface area contributed by atoms with Crippen molar-refractivity contribution in [3.05, 3.63) is 71.7 Å². The molecule has 0 atom stereocenters. The number of rotatable bonds is 9. The quantitative estimate of drug-likeness (QED) is 0.358. The number of hydrogen-bond acceptors (Lipinski definition) is 3. The van der Waals surface area contributed by atoms with Gasteiger partial charge in [-0.1, -0.05) is 102 Å². The number of benzene rings is 2. The van der Waals surface area contributed by atoms with Gasteiger partial charge in [0.1, 0.15) is 5.82 Å². The van der Waals surface area contributed by atoms with Crippen molar-refractivity contribution in [1.29, 1.82) is 0 Å². The molecule has 0 fully saturated rings. The first-order chi connectivity index (χ1) is 15.2. The third-order valence-electron chi connectivity index (χ3n) is 5.03. The summed E-state index contributed by atoms with van der Waals surface area (Å²) in [5.74, 6) is 0.924. The van der Waals surface area contributed by atoms with Crippen molar-refractivity contribution in [2.45, 2.75) is 79.7 Å². The SMILES string of the molecule is CC.CCCCC.CCc1nc(CN(C)CCCc2ccccc2)nc2ccccc12. The molecule has 0 radical (unpaired) electrons. The number of unbranched alkanes of at least 4 members (excludes halogenated alkanes) is 2. The van der Waals surface area contributed by atoms with Crippen LogP contribution in [0.3, 0.4) is 0 Å². The van der Waals surface area contributed by atoms with Crippen molar-refractivity contribution < 1.29 is 0 Å². The average Bonchev–Trinajstić information content (AvgIpc) is 2.81. The molecule has 0 amide bonds. The Morgan fingerprint density at radius 1 is 0.774 bits per heavy atom. The molecule has 3 heteroatoms. The molecular formula is C28H43N3. The van der Waals surface area contributed by atoms with E-state index in [9.17, 15) is 0 Å². The fourth-order valence-electron chi connectivity index (χ4n) is 3.41. The zero-order chi connectivity index (χ0) is 22.9. The molecule has 170 valence electrons. The summed E-state index contributed by atoms with van der Waals surface area (Å²) in [7, 11) is 2.15. The van der Waals surface area contributed by atoms with Crippen LogP contribution in [0.25, 0.3) is 10.9 Å². The van der Waals surface area contributed by atoms with Gasteiger partial charge < -0.3 is 0 Å². The Hall–Kier alpha value is -2.26. The molecule has 0 bridgehead atoms. The van der Waals surface area contributed by atoms with Crippen molar-refractivity contribution in [3.8, 4) is 0 Å². The molecule has 1 aromatic heterocycles. The second-order valence-corrected chi connectivity index (χ2v) is 7.64. The van der Waals surface area contributed by atoms with E-state index in [-0.39, 0.29) is 0 Å². The first-order valence-electron chi connectivity index (χ1n) is 12.1. The molecular weight excluding hydrogens is 378 g/mol. The van der Waals surface area contributed by atoms with Crippen molar-refractivity contribution in [1.82, 2.24) is 14.9 Å². The topological polar surface area (TPSA) is 29.0 Å². The molecule has 0 saturated heterocycles. The Morgan fingerprint density at radius 3 is 2.03 bits per heavy atom. The van der Waals surface area contributed by atoms with Gasteiger partial charge in [-0.05, 0) is 44.5 Å². The van der Waals surface area contributed by atoms with Crippen LogP contribution in [0.4, 0.5) is 0 Å². The zero-order valence-electron chi connectivity index (χ0n) is 20.7.